The van der Waals surface area contributed by atoms with Crippen LogP contribution >= 0.6 is 0 Å². The lowest BCUT2D eigenvalue weighted by atomic mass is 9.96. The van der Waals surface area contributed by atoms with Crippen LogP contribution in [-0.2, 0) is 0 Å². The second-order valence-corrected chi connectivity index (χ2v) is 6.33. The summed E-state index contributed by atoms with van der Waals surface area (Å²) in [7, 11) is 0. The van der Waals surface area contributed by atoms with E-state index in [0.29, 0.717) is 17.6 Å². The number of nitrogens with zero attached hydrogens (tertiary/aromatic N) is 4. The fourth-order valence-corrected chi connectivity index (χ4v) is 3.39. The first-order valence-electron chi connectivity index (χ1n) is 8.19. The molecule has 0 spiro atoms. The summed E-state index contributed by atoms with van der Waals surface area (Å²) in [5.74, 6) is 2.90. The van der Waals surface area contributed by atoms with E-state index in [2.05, 4.69) is 39.1 Å². The molecule has 120 valence electrons. The van der Waals surface area contributed by atoms with Crippen LogP contribution < -0.4 is 0 Å². The molecule has 6 heteroatoms. The van der Waals surface area contributed by atoms with Crippen LogP contribution in [0, 0.1) is 6.92 Å². The third-order valence-electron chi connectivity index (χ3n) is 4.70. The number of likely N-dealkylation sites (tertiary alicyclic amines) is 1. The molecule has 3 heterocycles. The molecule has 2 aromatic heterocycles. The Kier molecular flexibility index (Phi) is 3.61. The van der Waals surface area contributed by atoms with Gasteiger partial charge in [0.1, 0.15) is 5.82 Å². The van der Waals surface area contributed by atoms with Gasteiger partial charge in [-0.1, -0.05) is 17.3 Å². The molecule has 0 amide bonds. The number of fused-ring (bicyclic) bond motifs is 1. The van der Waals surface area contributed by atoms with E-state index < -0.39 is 0 Å². The Labute approximate surface area is 134 Å². The second kappa shape index (κ2) is 5.77. The Bertz CT molecular complexity index is 775. The van der Waals surface area contributed by atoms with Crippen LogP contribution in [0.25, 0.3) is 11.0 Å². The number of aromatic amines is 1. The first-order chi connectivity index (χ1) is 11.2. The Hall–Kier alpha value is -2.21. The summed E-state index contributed by atoms with van der Waals surface area (Å²) >= 11 is 0. The van der Waals surface area contributed by atoms with E-state index in [1.54, 1.807) is 0 Å². The van der Waals surface area contributed by atoms with Gasteiger partial charge >= 0.3 is 0 Å². The molecule has 1 aliphatic rings. The standard InChI is InChI=1S/C17H21N5O/c1-11(17-18-12(2)21-23-17)22-9-5-6-13(10-22)16-19-14-7-3-4-8-15(14)20-16/h3-4,7-8,11,13H,5-6,9-10H2,1-2H3,(H,19,20). The van der Waals surface area contributed by atoms with Crippen molar-refractivity contribution in [2.24, 2.45) is 0 Å². The number of hydrogen-bond donors (Lipinski definition) is 1. The Morgan fingerprint density at radius 1 is 1.30 bits per heavy atom. The first-order valence-corrected chi connectivity index (χ1v) is 8.19. The van der Waals surface area contributed by atoms with Crippen molar-refractivity contribution < 1.29 is 4.52 Å². The van der Waals surface area contributed by atoms with Gasteiger partial charge in [-0.3, -0.25) is 4.90 Å². The Morgan fingerprint density at radius 3 is 2.96 bits per heavy atom. The van der Waals surface area contributed by atoms with Crippen LogP contribution in [0.5, 0.6) is 0 Å². The lowest BCUT2D eigenvalue weighted by Crippen LogP contribution is -2.36. The van der Waals surface area contributed by atoms with Crippen LogP contribution in [-0.4, -0.2) is 38.1 Å². The highest BCUT2D eigenvalue weighted by molar-refractivity contribution is 5.74. The molecule has 0 saturated carbocycles. The molecule has 0 radical (unpaired) electrons. The minimum atomic E-state index is 0.142. The smallest absolute Gasteiger partial charge is 0.243 e. The average molecular weight is 311 g/mol. The first kappa shape index (κ1) is 14.4. The van der Waals surface area contributed by atoms with Gasteiger partial charge in [0.15, 0.2) is 5.82 Å². The number of nitrogens with one attached hydrogen (secondary N) is 1. The van der Waals surface area contributed by atoms with E-state index in [-0.39, 0.29) is 6.04 Å². The zero-order valence-electron chi connectivity index (χ0n) is 13.5. The number of aromatic nitrogens is 4. The highest BCUT2D eigenvalue weighted by Crippen LogP contribution is 2.31. The summed E-state index contributed by atoms with van der Waals surface area (Å²) in [6, 6.07) is 8.34. The predicted octanol–water partition coefficient (Wildman–Crippen LogP) is 3.19. The van der Waals surface area contributed by atoms with E-state index in [0.717, 1.165) is 42.8 Å². The van der Waals surface area contributed by atoms with Crippen molar-refractivity contribution in [2.45, 2.75) is 38.6 Å². The summed E-state index contributed by atoms with van der Waals surface area (Å²) in [5.41, 5.74) is 2.15. The van der Waals surface area contributed by atoms with Crippen molar-refractivity contribution in [3.63, 3.8) is 0 Å². The molecular weight excluding hydrogens is 290 g/mol. The van der Waals surface area contributed by atoms with Gasteiger partial charge in [-0.2, -0.15) is 4.98 Å². The minimum absolute atomic E-state index is 0.142. The maximum Gasteiger partial charge on any atom is 0.243 e. The van der Waals surface area contributed by atoms with Crippen molar-refractivity contribution in [3.05, 3.63) is 41.8 Å². The van der Waals surface area contributed by atoms with Gasteiger partial charge < -0.3 is 9.51 Å². The maximum atomic E-state index is 5.34. The number of piperidine rings is 1. The monoisotopic (exact) mass is 311 g/mol. The zero-order valence-corrected chi connectivity index (χ0v) is 13.5. The van der Waals surface area contributed by atoms with Crippen molar-refractivity contribution in [2.75, 3.05) is 13.1 Å². The van der Waals surface area contributed by atoms with Crippen molar-refractivity contribution >= 4 is 11.0 Å². The van der Waals surface area contributed by atoms with Crippen LogP contribution in [0.3, 0.4) is 0 Å². The van der Waals surface area contributed by atoms with Gasteiger partial charge in [-0.25, -0.2) is 4.98 Å². The number of H-pyrrole nitrogens is 1. The van der Waals surface area contributed by atoms with Crippen molar-refractivity contribution in [1.82, 2.24) is 25.0 Å². The third-order valence-corrected chi connectivity index (χ3v) is 4.70. The fourth-order valence-electron chi connectivity index (χ4n) is 3.39. The lowest BCUT2D eigenvalue weighted by Gasteiger charge is -2.34. The van der Waals surface area contributed by atoms with Crippen LogP contribution in [0.15, 0.2) is 28.8 Å². The van der Waals surface area contributed by atoms with Gasteiger partial charge in [0.2, 0.25) is 5.89 Å². The van der Waals surface area contributed by atoms with Crippen LogP contribution in [0.1, 0.15) is 49.3 Å². The summed E-state index contributed by atoms with van der Waals surface area (Å²) in [4.78, 5) is 15.0. The molecule has 0 aliphatic carbocycles. The van der Waals surface area contributed by atoms with E-state index >= 15 is 0 Å². The highest BCUT2D eigenvalue weighted by atomic mass is 16.5. The number of hydrogen-bond acceptors (Lipinski definition) is 5. The molecule has 1 N–H and O–H groups in total. The molecule has 6 nitrogen and oxygen atoms in total. The topological polar surface area (TPSA) is 70.8 Å². The Morgan fingerprint density at radius 2 is 2.17 bits per heavy atom. The van der Waals surface area contributed by atoms with Gasteiger partial charge in [-0.15, -0.1) is 0 Å². The summed E-state index contributed by atoms with van der Waals surface area (Å²) < 4.78 is 5.34. The largest absolute Gasteiger partial charge is 0.342 e. The van der Waals surface area contributed by atoms with E-state index in [1.807, 2.05) is 19.1 Å². The SMILES string of the molecule is Cc1noc(C(C)N2CCCC(c3nc4ccccc4[nH]3)C2)n1. The zero-order chi connectivity index (χ0) is 15.8. The van der Waals surface area contributed by atoms with E-state index in [1.165, 1.54) is 0 Å². The number of imidazole rings is 1. The Balaban J connectivity index is 1.54. The van der Waals surface area contributed by atoms with E-state index in [9.17, 15) is 0 Å². The molecule has 2 atom stereocenters. The lowest BCUT2D eigenvalue weighted by molar-refractivity contribution is 0.131. The molecule has 2 unspecified atom stereocenters. The molecular formula is C17H21N5O. The number of rotatable bonds is 3. The van der Waals surface area contributed by atoms with Crippen molar-refractivity contribution in [3.8, 4) is 0 Å². The maximum absolute atomic E-state index is 5.34. The summed E-state index contributed by atoms with van der Waals surface area (Å²) in [5, 5.41) is 3.91. The molecule has 4 rings (SSSR count). The molecule has 1 saturated heterocycles. The quantitative estimate of drug-likeness (QED) is 0.804. The molecule has 1 aliphatic heterocycles. The molecule has 3 aromatic rings. The number of benzene rings is 1. The summed E-state index contributed by atoms with van der Waals surface area (Å²) in [6.45, 7) is 6.00. The van der Waals surface area contributed by atoms with E-state index in [4.69, 9.17) is 9.51 Å². The van der Waals surface area contributed by atoms with Crippen LogP contribution in [0.2, 0.25) is 0 Å². The van der Waals surface area contributed by atoms with Crippen molar-refractivity contribution in [1.29, 1.82) is 0 Å². The van der Waals surface area contributed by atoms with Gasteiger partial charge in [0, 0.05) is 12.5 Å². The fraction of sp³-hybridized carbons (Fsp3) is 0.471. The normalized spacial score (nSPS) is 20.9. The molecule has 1 aromatic carbocycles. The molecule has 0 bridgehead atoms. The molecule has 1 fully saturated rings. The molecule has 23 heavy (non-hydrogen) atoms. The number of para-hydroxylation sites is 2. The highest BCUT2D eigenvalue weighted by Gasteiger charge is 2.29. The second-order valence-electron chi connectivity index (χ2n) is 6.33. The summed E-state index contributed by atoms with van der Waals surface area (Å²) in [6.07, 6.45) is 2.31. The minimum Gasteiger partial charge on any atom is -0.342 e. The van der Waals surface area contributed by atoms with Gasteiger partial charge in [-0.05, 0) is 45.4 Å². The van der Waals surface area contributed by atoms with Gasteiger partial charge in [0.25, 0.3) is 0 Å². The third kappa shape index (κ3) is 2.74. The number of aryl methyl sites for hydroxylation is 1. The van der Waals surface area contributed by atoms with Crippen LogP contribution in [0.4, 0.5) is 0 Å². The predicted molar refractivity (Wildman–Crippen MR) is 87.1 cm³/mol. The average Bonchev–Trinajstić information content (AvgIpc) is 3.20. The van der Waals surface area contributed by atoms with Gasteiger partial charge in [0.05, 0.1) is 17.1 Å².